The molecule has 0 spiro atoms. The molecule has 0 radical (unpaired) electrons. The standard InChI is InChI=1S/C27H30FN4O3P/c1-17-23(35-24-11-12-29-22-9-8-20(14-21(22)24)36(5,6)34)10-7-18(26(17)28)13-25(33)31-19-15-30-32(16-19)27(2,3)4/h7-12,14-16H,13H2,1-6H3,(H,31,33). The largest absolute Gasteiger partial charge is 0.456 e. The zero-order valence-corrected chi connectivity index (χ0v) is 22.2. The molecule has 2 aromatic carbocycles. The highest BCUT2D eigenvalue weighted by Gasteiger charge is 2.18. The van der Waals surface area contributed by atoms with Gasteiger partial charge >= 0.3 is 0 Å². The van der Waals surface area contributed by atoms with Crippen molar-refractivity contribution in [3.63, 3.8) is 0 Å². The lowest BCUT2D eigenvalue weighted by molar-refractivity contribution is -0.115. The van der Waals surface area contributed by atoms with E-state index in [1.807, 2.05) is 26.8 Å². The Morgan fingerprint density at radius 1 is 1.14 bits per heavy atom. The SMILES string of the molecule is Cc1c(Oc2ccnc3ccc(P(C)(C)=O)cc23)ccc(CC(=O)Nc2cnn(C(C)(C)C)c2)c1F. The average Bonchev–Trinajstić information content (AvgIpc) is 3.27. The summed E-state index contributed by atoms with van der Waals surface area (Å²) >= 11 is 0. The number of nitrogens with one attached hydrogen (secondary N) is 1. The number of anilines is 1. The minimum Gasteiger partial charge on any atom is -0.456 e. The molecular weight excluding hydrogens is 478 g/mol. The monoisotopic (exact) mass is 508 g/mol. The maximum Gasteiger partial charge on any atom is 0.228 e. The van der Waals surface area contributed by atoms with E-state index in [0.717, 1.165) is 0 Å². The number of halogens is 1. The molecule has 0 aliphatic heterocycles. The molecule has 0 aliphatic carbocycles. The third-order valence-electron chi connectivity index (χ3n) is 5.85. The van der Waals surface area contributed by atoms with Gasteiger partial charge in [-0.3, -0.25) is 14.5 Å². The van der Waals surface area contributed by atoms with E-state index in [0.29, 0.717) is 39.0 Å². The van der Waals surface area contributed by atoms with Crippen molar-refractivity contribution in [2.45, 2.75) is 39.7 Å². The fourth-order valence-electron chi connectivity index (χ4n) is 3.75. The van der Waals surface area contributed by atoms with Crippen LogP contribution in [0.25, 0.3) is 10.9 Å². The number of fused-ring (bicyclic) bond motifs is 1. The molecule has 188 valence electrons. The summed E-state index contributed by atoms with van der Waals surface area (Å²) in [4.78, 5) is 16.9. The van der Waals surface area contributed by atoms with Gasteiger partial charge < -0.3 is 14.6 Å². The number of carbonyl (C=O) groups is 1. The van der Waals surface area contributed by atoms with Crippen LogP contribution < -0.4 is 15.4 Å². The summed E-state index contributed by atoms with van der Waals surface area (Å²) in [7, 11) is -2.48. The molecule has 1 amide bonds. The van der Waals surface area contributed by atoms with Crippen LogP contribution in [0, 0.1) is 12.7 Å². The van der Waals surface area contributed by atoms with Crippen LogP contribution in [-0.4, -0.2) is 34.0 Å². The maximum atomic E-state index is 15.2. The summed E-state index contributed by atoms with van der Waals surface area (Å²) in [6.07, 6.45) is 4.80. The summed E-state index contributed by atoms with van der Waals surface area (Å²) in [5, 5.41) is 8.44. The van der Waals surface area contributed by atoms with E-state index in [-0.39, 0.29) is 23.4 Å². The van der Waals surface area contributed by atoms with Crippen molar-refractivity contribution in [3.8, 4) is 11.5 Å². The summed E-state index contributed by atoms with van der Waals surface area (Å²) in [5.74, 6) is -0.0262. The van der Waals surface area contributed by atoms with Crippen molar-refractivity contribution in [2.75, 3.05) is 18.6 Å². The summed E-state index contributed by atoms with van der Waals surface area (Å²) in [6.45, 7) is 11.0. The van der Waals surface area contributed by atoms with E-state index in [1.54, 1.807) is 73.9 Å². The number of carbonyl (C=O) groups excluding carboxylic acids is 1. The number of rotatable bonds is 6. The number of amides is 1. The number of aromatic nitrogens is 3. The van der Waals surface area contributed by atoms with Gasteiger partial charge in [-0.15, -0.1) is 0 Å². The predicted molar refractivity (Wildman–Crippen MR) is 142 cm³/mol. The highest BCUT2D eigenvalue weighted by Crippen LogP contribution is 2.38. The van der Waals surface area contributed by atoms with Crippen molar-refractivity contribution in [3.05, 3.63) is 71.9 Å². The Kier molecular flexibility index (Phi) is 6.76. The number of hydrogen-bond donors (Lipinski definition) is 1. The molecular formula is C27H30FN4O3P. The second kappa shape index (κ2) is 9.51. The van der Waals surface area contributed by atoms with Gasteiger partial charge in [0.2, 0.25) is 5.91 Å². The van der Waals surface area contributed by atoms with Gasteiger partial charge in [0.15, 0.2) is 0 Å². The molecule has 0 saturated heterocycles. The smallest absolute Gasteiger partial charge is 0.228 e. The van der Waals surface area contributed by atoms with E-state index in [4.69, 9.17) is 4.74 Å². The van der Waals surface area contributed by atoms with Crippen molar-refractivity contribution >= 4 is 34.9 Å². The van der Waals surface area contributed by atoms with E-state index in [1.165, 1.54) is 0 Å². The first-order valence-electron chi connectivity index (χ1n) is 11.6. The molecule has 4 rings (SSSR count). The van der Waals surface area contributed by atoms with E-state index in [9.17, 15) is 9.36 Å². The molecule has 0 atom stereocenters. The highest BCUT2D eigenvalue weighted by molar-refractivity contribution is 7.70. The zero-order chi connectivity index (χ0) is 26.3. The number of pyridine rings is 1. The fraction of sp³-hybridized carbons (Fsp3) is 0.296. The van der Waals surface area contributed by atoms with Crippen LogP contribution in [0.5, 0.6) is 11.5 Å². The Morgan fingerprint density at radius 3 is 2.56 bits per heavy atom. The lowest BCUT2D eigenvalue weighted by atomic mass is 10.1. The number of ether oxygens (including phenoxy) is 1. The minimum atomic E-state index is -2.48. The molecule has 2 aromatic heterocycles. The van der Waals surface area contributed by atoms with Gasteiger partial charge in [-0.1, -0.05) is 6.07 Å². The Bertz CT molecular complexity index is 1500. The Hall–Kier alpha value is -3.51. The quantitative estimate of drug-likeness (QED) is 0.330. The summed E-state index contributed by atoms with van der Waals surface area (Å²) in [6, 6.07) is 10.3. The van der Waals surface area contributed by atoms with Gasteiger partial charge in [-0.2, -0.15) is 5.10 Å². The fourth-order valence-corrected chi connectivity index (χ4v) is 4.63. The Balaban J connectivity index is 1.55. The van der Waals surface area contributed by atoms with Crippen LogP contribution in [0.2, 0.25) is 0 Å². The lowest BCUT2D eigenvalue weighted by Crippen LogP contribution is -2.22. The van der Waals surface area contributed by atoms with Gasteiger partial charge in [0.25, 0.3) is 0 Å². The topological polar surface area (TPSA) is 86.1 Å². The molecule has 7 nitrogen and oxygen atoms in total. The summed E-state index contributed by atoms with van der Waals surface area (Å²) in [5.41, 5.74) is 1.58. The van der Waals surface area contributed by atoms with Gasteiger partial charge in [0.05, 0.1) is 29.4 Å². The van der Waals surface area contributed by atoms with Crippen LogP contribution in [0.3, 0.4) is 0 Å². The first-order chi connectivity index (χ1) is 16.8. The highest BCUT2D eigenvalue weighted by atomic mass is 31.2. The molecule has 0 saturated carbocycles. The van der Waals surface area contributed by atoms with Gasteiger partial charge in [0, 0.05) is 28.6 Å². The van der Waals surface area contributed by atoms with Crippen LogP contribution in [0.15, 0.2) is 55.0 Å². The molecule has 1 N–H and O–H groups in total. The molecule has 9 heteroatoms. The predicted octanol–water partition coefficient (Wildman–Crippen LogP) is 5.86. The van der Waals surface area contributed by atoms with Crippen LogP contribution >= 0.6 is 7.14 Å². The lowest BCUT2D eigenvalue weighted by Gasteiger charge is -2.18. The number of nitrogens with zero attached hydrogens (tertiary/aromatic N) is 3. The van der Waals surface area contributed by atoms with Gasteiger partial charge in [0.1, 0.15) is 24.5 Å². The van der Waals surface area contributed by atoms with Crippen molar-refractivity contribution in [2.24, 2.45) is 0 Å². The molecule has 2 heterocycles. The van der Waals surface area contributed by atoms with Gasteiger partial charge in [-0.25, -0.2) is 4.39 Å². The van der Waals surface area contributed by atoms with Crippen molar-refractivity contribution in [1.82, 2.24) is 14.8 Å². The first kappa shape index (κ1) is 25.6. The Labute approximate surface area is 210 Å². The normalized spacial score (nSPS) is 12.1. The van der Waals surface area contributed by atoms with E-state index in [2.05, 4.69) is 15.4 Å². The third-order valence-corrected chi connectivity index (χ3v) is 7.37. The average molecular weight is 509 g/mol. The van der Waals surface area contributed by atoms with Crippen molar-refractivity contribution in [1.29, 1.82) is 0 Å². The zero-order valence-electron chi connectivity index (χ0n) is 21.3. The molecule has 36 heavy (non-hydrogen) atoms. The third kappa shape index (κ3) is 5.49. The Morgan fingerprint density at radius 2 is 1.89 bits per heavy atom. The number of hydrogen-bond acceptors (Lipinski definition) is 5. The second-order valence-electron chi connectivity index (χ2n) is 10.2. The molecule has 0 fully saturated rings. The molecule has 0 aliphatic rings. The van der Waals surface area contributed by atoms with E-state index >= 15 is 4.39 Å². The maximum absolute atomic E-state index is 15.2. The van der Waals surface area contributed by atoms with Gasteiger partial charge in [-0.05, 0) is 76.9 Å². The first-order valence-corrected chi connectivity index (χ1v) is 14.2. The minimum absolute atomic E-state index is 0.127. The summed E-state index contributed by atoms with van der Waals surface area (Å²) < 4.78 is 35.6. The second-order valence-corrected chi connectivity index (χ2v) is 13.4. The molecule has 4 aromatic rings. The van der Waals surface area contributed by atoms with Crippen LogP contribution in [-0.2, 0) is 21.3 Å². The van der Waals surface area contributed by atoms with E-state index < -0.39 is 13.0 Å². The van der Waals surface area contributed by atoms with Crippen LogP contribution in [0.1, 0.15) is 31.9 Å². The molecule has 0 unspecified atom stereocenters. The molecule has 0 bridgehead atoms. The van der Waals surface area contributed by atoms with Crippen LogP contribution in [0.4, 0.5) is 10.1 Å². The van der Waals surface area contributed by atoms with Crippen molar-refractivity contribution < 1.29 is 18.5 Å². The number of benzene rings is 2.